The van der Waals surface area contributed by atoms with Gasteiger partial charge in [-0.2, -0.15) is 8.42 Å². The first-order valence-corrected chi connectivity index (χ1v) is 18.0. The number of anilines is 1. The van der Waals surface area contributed by atoms with E-state index in [9.17, 15) is 22.0 Å². The van der Waals surface area contributed by atoms with Gasteiger partial charge in [0.05, 0.1) is 12.9 Å². The van der Waals surface area contributed by atoms with Crippen LogP contribution in [0.15, 0.2) is 23.4 Å². The molecule has 0 aromatic heterocycles. The minimum Gasteiger partial charge on any atom is -0.385 e. The van der Waals surface area contributed by atoms with Crippen molar-refractivity contribution < 1.29 is 26.2 Å². The molecule has 1 aromatic rings. The van der Waals surface area contributed by atoms with E-state index in [-0.39, 0.29) is 30.3 Å². The van der Waals surface area contributed by atoms with E-state index in [4.69, 9.17) is 9.59 Å². The molecule has 1 fully saturated rings. The van der Waals surface area contributed by atoms with Gasteiger partial charge in [0, 0.05) is 99.4 Å². The molecule has 2 atom stereocenters. The zero-order chi connectivity index (χ0) is 33.6. The molecule has 1 amide bonds. The van der Waals surface area contributed by atoms with Crippen molar-refractivity contribution in [3.8, 4) is 0 Å². The average Bonchev–Trinajstić information content (AvgIpc) is 3.01. The summed E-state index contributed by atoms with van der Waals surface area (Å²) < 4.78 is 56.8. The Labute approximate surface area is 272 Å². The lowest BCUT2D eigenvalue weighted by Gasteiger charge is -2.44. The Morgan fingerprint density at radius 1 is 1.17 bits per heavy atom. The van der Waals surface area contributed by atoms with Gasteiger partial charge in [-0.3, -0.25) is 14.3 Å². The molecule has 14 heteroatoms. The fourth-order valence-corrected chi connectivity index (χ4v) is 7.44. The van der Waals surface area contributed by atoms with Crippen molar-refractivity contribution in [2.75, 3.05) is 77.7 Å². The van der Waals surface area contributed by atoms with Gasteiger partial charge in [-0.05, 0) is 63.9 Å². The molecule has 0 saturated carbocycles. The molecular formula is C32H51F2N7O4S. The number of piperidine rings is 1. The van der Waals surface area contributed by atoms with Crippen LogP contribution < -0.4 is 20.9 Å². The van der Waals surface area contributed by atoms with Crippen molar-refractivity contribution in [3.63, 3.8) is 0 Å². The lowest BCUT2D eigenvalue weighted by atomic mass is 9.78. The van der Waals surface area contributed by atoms with Crippen LogP contribution in [-0.4, -0.2) is 115 Å². The number of carbonyl (C=O) groups excluding carboxylic acids is 1. The Kier molecular flexibility index (Phi) is 12.2. The van der Waals surface area contributed by atoms with Gasteiger partial charge in [-0.15, -0.1) is 0 Å². The van der Waals surface area contributed by atoms with Crippen molar-refractivity contribution in [3.05, 3.63) is 40.1 Å². The second-order valence-electron chi connectivity index (χ2n) is 12.9. The number of likely N-dealkylation sites (N-methyl/N-ethyl adjacent to an activating group) is 2. The van der Waals surface area contributed by atoms with E-state index in [0.29, 0.717) is 44.7 Å². The van der Waals surface area contributed by atoms with E-state index in [0.717, 1.165) is 67.5 Å². The first-order chi connectivity index (χ1) is 21.8. The number of fused-ring (bicyclic) bond motifs is 1. The fraction of sp³-hybridized carbons (Fsp3) is 0.688. The number of carbonyl (C=O) groups is 1. The third-order valence-electron chi connectivity index (χ3n) is 9.53. The topological polar surface area (TPSA) is 130 Å². The number of alkyl halides is 2. The van der Waals surface area contributed by atoms with Gasteiger partial charge in [-0.1, -0.05) is 6.07 Å². The quantitative estimate of drug-likeness (QED) is 0.175. The van der Waals surface area contributed by atoms with Gasteiger partial charge in [0.25, 0.3) is 16.5 Å². The number of likely N-dealkylation sites (tertiary alicyclic amines) is 1. The minimum atomic E-state index is -3.46. The van der Waals surface area contributed by atoms with E-state index >= 15 is 0 Å². The summed E-state index contributed by atoms with van der Waals surface area (Å²) in [7, 11) is 0.168. The van der Waals surface area contributed by atoms with Gasteiger partial charge in [0.15, 0.2) is 0 Å². The highest BCUT2D eigenvalue weighted by atomic mass is 32.2. The Bertz CT molecular complexity index is 1380. The minimum absolute atomic E-state index is 0.00448. The Morgan fingerprint density at radius 2 is 1.89 bits per heavy atom. The summed E-state index contributed by atoms with van der Waals surface area (Å²) in [4.78, 5) is 18.7. The molecule has 1 saturated heterocycles. The number of benzene rings is 1. The zero-order valence-electron chi connectivity index (χ0n) is 27.8. The zero-order valence-corrected chi connectivity index (χ0v) is 28.6. The van der Waals surface area contributed by atoms with Gasteiger partial charge in [0.2, 0.25) is 5.91 Å². The summed E-state index contributed by atoms with van der Waals surface area (Å²) in [6, 6.07) is 3.72. The predicted octanol–water partition coefficient (Wildman–Crippen LogP) is 2.59. The Morgan fingerprint density at radius 3 is 2.48 bits per heavy atom. The molecule has 3 aliphatic heterocycles. The molecule has 4 N–H and O–H groups in total. The highest BCUT2D eigenvalue weighted by Gasteiger charge is 2.36. The number of aryl methyl sites for hydroxylation is 1. The van der Waals surface area contributed by atoms with Crippen molar-refractivity contribution in [2.45, 2.75) is 70.0 Å². The number of hydrogen-bond acceptors (Lipinski definition) is 10. The number of amides is 1. The molecule has 11 nitrogen and oxygen atoms in total. The average molecular weight is 668 g/mol. The number of halogens is 2. The Balaban J connectivity index is 1.63. The second kappa shape index (κ2) is 15.5. The molecular weight excluding hydrogens is 616 g/mol. The summed E-state index contributed by atoms with van der Waals surface area (Å²) in [5.41, 5.74) is 3.40. The number of nitrogens with zero attached hydrogens (tertiary/aromatic N) is 3. The van der Waals surface area contributed by atoms with Crippen LogP contribution >= 0.6 is 0 Å². The predicted molar refractivity (Wildman–Crippen MR) is 177 cm³/mol. The van der Waals surface area contributed by atoms with Crippen LogP contribution in [0.1, 0.15) is 62.6 Å². The molecule has 1 aromatic carbocycles. The molecule has 0 bridgehead atoms. The molecule has 258 valence electrons. The third-order valence-corrected chi connectivity index (χ3v) is 10.1. The molecule has 3 aliphatic rings. The molecule has 0 aliphatic carbocycles. The van der Waals surface area contributed by atoms with Crippen molar-refractivity contribution >= 4 is 27.9 Å². The van der Waals surface area contributed by atoms with Crippen LogP contribution in [0.5, 0.6) is 0 Å². The van der Waals surface area contributed by atoms with E-state index in [1.165, 1.54) is 6.21 Å². The summed E-state index contributed by atoms with van der Waals surface area (Å²) in [5, 5.41) is 18.4. The smallest absolute Gasteiger partial charge is 0.264 e. The lowest BCUT2D eigenvalue weighted by Crippen LogP contribution is -2.54. The van der Waals surface area contributed by atoms with Crippen LogP contribution in [0.25, 0.3) is 0 Å². The molecule has 4 rings (SSSR count). The number of nitrogens with one attached hydrogen (secondary N) is 4. The van der Waals surface area contributed by atoms with E-state index in [2.05, 4.69) is 25.8 Å². The van der Waals surface area contributed by atoms with Crippen LogP contribution in [0.3, 0.4) is 0 Å². The summed E-state index contributed by atoms with van der Waals surface area (Å²) in [6.45, 7) is 7.77. The molecule has 3 heterocycles. The number of rotatable bonds is 14. The van der Waals surface area contributed by atoms with Crippen LogP contribution in [0, 0.1) is 5.41 Å². The van der Waals surface area contributed by atoms with Gasteiger partial charge in [-0.25, -0.2) is 8.78 Å². The van der Waals surface area contributed by atoms with Crippen LogP contribution in [0.2, 0.25) is 0 Å². The number of hydrogen-bond donors (Lipinski definition) is 4. The highest BCUT2D eigenvalue weighted by Crippen LogP contribution is 2.40. The van der Waals surface area contributed by atoms with Crippen molar-refractivity contribution in [1.29, 1.82) is 5.41 Å². The van der Waals surface area contributed by atoms with Crippen molar-refractivity contribution in [2.24, 2.45) is 0 Å². The largest absolute Gasteiger partial charge is 0.385 e. The van der Waals surface area contributed by atoms with Crippen LogP contribution in [-0.2, 0) is 30.9 Å². The molecule has 46 heavy (non-hydrogen) atoms. The maximum Gasteiger partial charge on any atom is 0.264 e. The lowest BCUT2D eigenvalue weighted by molar-refractivity contribution is -0.128. The van der Waals surface area contributed by atoms with E-state index in [1.807, 2.05) is 24.9 Å². The maximum atomic E-state index is 14.7. The van der Waals surface area contributed by atoms with Crippen molar-refractivity contribution in [1.82, 2.24) is 25.8 Å². The molecule has 0 radical (unpaired) electrons. The second-order valence-corrected chi connectivity index (χ2v) is 14.6. The van der Waals surface area contributed by atoms with E-state index < -0.39 is 22.0 Å². The maximum absolute atomic E-state index is 14.7. The van der Waals surface area contributed by atoms with E-state index in [1.54, 1.807) is 20.0 Å². The van der Waals surface area contributed by atoms with Gasteiger partial charge in [0.1, 0.15) is 6.17 Å². The highest BCUT2D eigenvalue weighted by molar-refractivity contribution is 7.85. The van der Waals surface area contributed by atoms with Gasteiger partial charge >= 0.3 is 0 Å². The molecule has 2 unspecified atom stereocenters. The molecule has 0 spiro atoms. The first kappa shape index (κ1) is 36.2. The summed E-state index contributed by atoms with van der Waals surface area (Å²) in [6.07, 6.45) is 3.31. The Hall–Kier alpha value is -2.65. The fourth-order valence-electron chi connectivity index (χ4n) is 7.07. The SMILES string of the molecule is CNCC(C)(C=N)c1cc2c(cc1C(F)F)N(C(NC)C1=C(NC3CCN(CCOS(C)(=O)=O)CC3)CCN(C(C)=O)C1)CCC2. The first-order valence-electron chi connectivity index (χ1n) is 16.2. The monoisotopic (exact) mass is 667 g/mol. The normalized spacial score (nSPS) is 20.4. The van der Waals surface area contributed by atoms with Crippen LogP contribution in [0.4, 0.5) is 14.5 Å². The standard InChI is InChI=1S/C32H51F2N7O4S/c1-22(42)40-14-10-28(38-24-8-12-39(13-9-24)15-16-45-46(5,43)44)26(19-40)31(37-4)41-11-6-7-23-17-27(32(2,20-35)21-36-3)25(30(33)34)18-29(23)41/h17-18,20,24,30-31,35-38H,6-16,19,21H2,1-5H3. The summed E-state index contributed by atoms with van der Waals surface area (Å²) in [5.74, 6) is -0.00448. The van der Waals surface area contributed by atoms with Gasteiger partial charge < -0.3 is 30.7 Å². The third kappa shape index (κ3) is 8.62. The summed E-state index contributed by atoms with van der Waals surface area (Å²) >= 11 is 0.